The van der Waals surface area contributed by atoms with Gasteiger partial charge in [0.15, 0.2) is 11.1 Å². The van der Waals surface area contributed by atoms with Crippen molar-refractivity contribution in [1.82, 2.24) is 14.6 Å². The van der Waals surface area contributed by atoms with Crippen LogP contribution in [0.4, 0.5) is 0 Å². The van der Waals surface area contributed by atoms with Gasteiger partial charge in [0.05, 0.1) is 13.2 Å². The van der Waals surface area contributed by atoms with Crippen LogP contribution in [0.3, 0.4) is 0 Å². The normalized spacial score (nSPS) is 11.5. The molecule has 0 aliphatic rings. The van der Waals surface area contributed by atoms with Crippen molar-refractivity contribution >= 4 is 29.2 Å². The SMILES string of the molecule is CCOC(=O)C(C)(C(=O)OCC)c1cc(Cl)nn2ccnc12. The monoisotopic (exact) mass is 325 g/mol. The Labute approximate surface area is 132 Å². The Hall–Kier alpha value is -2.15. The zero-order chi connectivity index (χ0) is 16.3. The molecule has 0 bridgehead atoms. The van der Waals surface area contributed by atoms with Gasteiger partial charge in [-0.05, 0) is 26.8 Å². The van der Waals surface area contributed by atoms with Gasteiger partial charge in [0.1, 0.15) is 5.15 Å². The van der Waals surface area contributed by atoms with Crippen LogP contribution in [0.5, 0.6) is 0 Å². The van der Waals surface area contributed by atoms with Crippen LogP contribution in [-0.4, -0.2) is 39.8 Å². The van der Waals surface area contributed by atoms with E-state index in [9.17, 15) is 9.59 Å². The highest BCUT2D eigenvalue weighted by molar-refractivity contribution is 6.29. The number of fused-ring (bicyclic) bond motifs is 1. The number of imidazole rings is 1. The molecule has 22 heavy (non-hydrogen) atoms. The van der Waals surface area contributed by atoms with Crippen molar-refractivity contribution in [3.05, 3.63) is 29.2 Å². The average molecular weight is 326 g/mol. The molecule has 0 saturated carbocycles. The zero-order valence-electron chi connectivity index (χ0n) is 12.5. The molecule has 2 rings (SSSR count). The summed E-state index contributed by atoms with van der Waals surface area (Å²) in [7, 11) is 0. The first-order valence-electron chi connectivity index (χ1n) is 6.79. The standard InChI is InChI=1S/C14H16ClN3O4/c1-4-21-12(19)14(3,13(20)22-5-2)9-8-10(15)17-18-7-6-16-11(9)18/h6-8H,4-5H2,1-3H3. The molecule has 0 saturated heterocycles. The summed E-state index contributed by atoms with van der Waals surface area (Å²) in [4.78, 5) is 29.0. The number of nitrogens with zero attached hydrogens (tertiary/aromatic N) is 3. The summed E-state index contributed by atoms with van der Waals surface area (Å²) in [6, 6.07) is 1.43. The van der Waals surface area contributed by atoms with Crippen molar-refractivity contribution in [2.75, 3.05) is 13.2 Å². The second kappa shape index (κ2) is 6.31. The maximum Gasteiger partial charge on any atom is 0.327 e. The number of esters is 2. The van der Waals surface area contributed by atoms with Gasteiger partial charge in [-0.15, -0.1) is 0 Å². The molecule has 8 heteroatoms. The number of carbonyl (C=O) groups excluding carboxylic acids is 2. The Bertz CT molecular complexity index is 695. The molecule has 2 aromatic heterocycles. The third-order valence-corrected chi connectivity index (χ3v) is 3.42. The maximum atomic E-state index is 12.4. The van der Waals surface area contributed by atoms with Gasteiger partial charge < -0.3 is 9.47 Å². The molecule has 118 valence electrons. The quantitative estimate of drug-likeness (QED) is 0.615. The van der Waals surface area contributed by atoms with E-state index in [1.807, 2.05) is 0 Å². The molecule has 0 aliphatic carbocycles. The summed E-state index contributed by atoms with van der Waals surface area (Å²) >= 11 is 5.99. The minimum absolute atomic E-state index is 0.125. The van der Waals surface area contributed by atoms with Crippen molar-refractivity contribution in [1.29, 1.82) is 0 Å². The van der Waals surface area contributed by atoms with E-state index < -0.39 is 17.4 Å². The van der Waals surface area contributed by atoms with Gasteiger partial charge in [0.2, 0.25) is 0 Å². The number of aromatic nitrogens is 3. The van der Waals surface area contributed by atoms with Crippen LogP contribution in [0, 0.1) is 0 Å². The van der Waals surface area contributed by atoms with E-state index in [0.717, 1.165) is 0 Å². The Morgan fingerprint density at radius 3 is 2.41 bits per heavy atom. The number of ether oxygens (including phenoxy) is 2. The van der Waals surface area contributed by atoms with Gasteiger partial charge in [-0.2, -0.15) is 5.10 Å². The van der Waals surface area contributed by atoms with E-state index in [-0.39, 0.29) is 23.9 Å². The summed E-state index contributed by atoms with van der Waals surface area (Å²) in [6.07, 6.45) is 3.07. The first-order valence-corrected chi connectivity index (χ1v) is 7.17. The molecular weight excluding hydrogens is 310 g/mol. The Morgan fingerprint density at radius 2 is 1.86 bits per heavy atom. The third kappa shape index (κ3) is 2.64. The molecule has 0 amide bonds. The van der Waals surface area contributed by atoms with E-state index in [1.54, 1.807) is 20.0 Å². The van der Waals surface area contributed by atoms with E-state index in [4.69, 9.17) is 21.1 Å². The van der Waals surface area contributed by atoms with E-state index in [1.165, 1.54) is 23.7 Å². The van der Waals surface area contributed by atoms with Gasteiger partial charge >= 0.3 is 11.9 Å². The number of hydrogen-bond acceptors (Lipinski definition) is 6. The van der Waals surface area contributed by atoms with E-state index in [2.05, 4.69) is 10.1 Å². The molecule has 0 spiro atoms. The van der Waals surface area contributed by atoms with Crippen molar-refractivity contribution in [3.63, 3.8) is 0 Å². The second-order valence-corrected chi connectivity index (χ2v) is 5.03. The van der Waals surface area contributed by atoms with E-state index in [0.29, 0.717) is 5.65 Å². The highest BCUT2D eigenvalue weighted by atomic mass is 35.5. The summed E-state index contributed by atoms with van der Waals surface area (Å²) in [5.74, 6) is -1.44. The predicted octanol–water partition coefficient (Wildman–Crippen LogP) is 1.77. The molecule has 0 N–H and O–H groups in total. The lowest BCUT2D eigenvalue weighted by molar-refractivity contribution is -0.163. The van der Waals surface area contributed by atoms with E-state index >= 15 is 0 Å². The van der Waals surface area contributed by atoms with Crippen LogP contribution in [0.1, 0.15) is 26.3 Å². The Balaban J connectivity index is 2.68. The predicted molar refractivity (Wildman–Crippen MR) is 78.6 cm³/mol. The molecule has 0 radical (unpaired) electrons. The van der Waals surface area contributed by atoms with Gasteiger partial charge in [0.25, 0.3) is 0 Å². The lowest BCUT2D eigenvalue weighted by Crippen LogP contribution is -2.44. The first kappa shape index (κ1) is 16.2. The molecule has 0 aromatic carbocycles. The molecule has 0 fully saturated rings. The topological polar surface area (TPSA) is 82.8 Å². The van der Waals surface area contributed by atoms with Gasteiger partial charge in [-0.3, -0.25) is 9.59 Å². The number of halogens is 1. The number of rotatable bonds is 5. The summed E-state index contributed by atoms with van der Waals surface area (Å²) < 4.78 is 11.5. The molecule has 2 heterocycles. The Kier molecular flexibility index (Phi) is 4.65. The van der Waals surface area contributed by atoms with Crippen molar-refractivity contribution in [2.45, 2.75) is 26.2 Å². The number of carbonyl (C=O) groups is 2. The minimum atomic E-state index is -1.68. The molecular formula is C14H16ClN3O4. The van der Waals surface area contributed by atoms with Crippen LogP contribution in [0.2, 0.25) is 5.15 Å². The summed E-state index contributed by atoms with van der Waals surface area (Å²) in [5.41, 5.74) is -1.05. The fraction of sp³-hybridized carbons (Fsp3) is 0.429. The van der Waals surface area contributed by atoms with Crippen LogP contribution in [0.15, 0.2) is 18.5 Å². The highest BCUT2D eigenvalue weighted by Gasteiger charge is 2.48. The fourth-order valence-electron chi connectivity index (χ4n) is 2.11. The summed E-state index contributed by atoms with van der Waals surface area (Å²) in [5, 5.41) is 4.16. The smallest absolute Gasteiger partial charge is 0.327 e. The Morgan fingerprint density at radius 1 is 1.27 bits per heavy atom. The largest absolute Gasteiger partial charge is 0.465 e. The lowest BCUT2D eigenvalue weighted by atomic mass is 9.83. The first-order chi connectivity index (χ1) is 10.4. The van der Waals surface area contributed by atoms with Gasteiger partial charge in [-0.25, -0.2) is 9.50 Å². The lowest BCUT2D eigenvalue weighted by Gasteiger charge is -2.25. The van der Waals surface area contributed by atoms with Crippen molar-refractivity contribution in [2.24, 2.45) is 0 Å². The molecule has 2 aromatic rings. The van der Waals surface area contributed by atoms with Gasteiger partial charge in [-0.1, -0.05) is 11.6 Å². The molecule has 7 nitrogen and oxygen atoms in total. The minimum Gasteiger partial charge on any atom is -0.465 e. The number of hydrogen-bond donors (Lipinski definition) is 0. The zero-order valence-corrected chi connectivity index (χ0v) is 13.3. The maximum absolute atomic E-state index is 12.4. The van der Waals surface area contributed by atoms with Crippen LogP contribution in [0.25, 0.3) is 5.65 Å². The third-order valence-electron chi connectivity index (χ3n) is 3.24. The summed E-state index contributed by atoms with van der Waals surface area (Å²) in [6.45, 7) is 5.03. The molecule has 0 aliphatic heterocycles. The average Bonchev–Trinajstić information content (AvgIpc) is 2.93. The van der Waals surface area contributed by atoms with Gasteiger partial charge in [0, 0.05) is 18.0 Å². The van der Waals surface area contributed by atoms with Crippen molar-refractivity contribution in [3.8, 4) is 0 Å². The van der Waals surface area contributed by atoms with Crippen molar-refractivity contribution < 1.29 is 19.1 Å². The molecule has 0 atom stereocenters. The van der Waals surface area contributed by atoms with Crippen LogP contribution in [-0.2, 0) is 24.5 Å². The fourth-order valence-corrected chi connectivity index (χ4v) is 2.30. The van der Waals surface area contributed by atoms with Crippen LogP contribution >= 0.6 is 11.6 Å². The van der Waals surface area contributed by atoms with Crippen LogP contribution < -0.4 is 0 Å². The second-order valence-electron chi connectivity index (χ2n) is 4.64. The molecule has 0 unspecified atom stereocenters. The highest BCUT2D eigenvalue weighted by Crippen LogP contribution is 2.31.